The van der Waals surface area contributed by atoms with Crippen LogP contribution in [0.4, 0.5) is 5.69 Å². The van der Waals surface area contributed by atoms with Crippen LogP contribution in [-0.4, -0.2) is 4.98 Å². The number of hydrogen-bond acceptors (Lipinski definition) is 2. The molecule has 0 amide bonds. The van der Waals surface area contributed by atoms with E-state index in [4.69, 9.17) is 17.3 Å². The maximum absolute atomic E-state index is 5.70. The Hall–Kier alpha value is -0.760. The minimum Gasteiger partial charge on any atom is -0.397 e. The Morgan fingerprint density at radius 1 is 1.55 bits per heavy atom. The number of hydrogen-bond donors (Lipinski definition) is 1. The van der Waals surface area contributed by atoms with Crippen molar-refractivity contribution in [3.63, 3.8) is 0 Å². The van der Waals surface area contributed by atoms with E-state index < -0.39 is 0 Å². The molecule has 0 radical (unpaired) electrons. The summed E-state index contributed by atoms with van der Waals surface area (Å²) in [7, 11) is 0. The van der Waals surface area contributed by atoms with Crippen molar-refractivity contribution in [2.75, 3.05) is 5.73 Å². The van der Waals surface area contributed by atoms with E-state index in [1.54, 1.807) is 6.20 Å². The first-order valence-corrected chi connectivity index (χ1v) is 3.90. The summed E-state index contributed by atoms with van der Waals surface area (Å²) in [4.78, 5) is 4.13. The van der Waals surface area contributed by atoms with Crippen molar-refractivity contribution >= 4 is 17.3 Å². The fourth-order valence-corrected chi connectivity index (χ4v) is 0.890. The van der Waals surface area contributed by atoms with E-state index in [1.165, 1.54) is 0 Å². The molecule has 0 atom stereocenters. The van der Waals surface area contributed by atoms with Gasteiger partial charge in [0.1, 0.15) is 0 Å². The van der Waals surface area contributed by atoms with Gasteiger partial charge in [0.2, 0.25) is 0 Å². The first kappa shape index (κ1) is 8.34. The van der Waals surface area contributed by atoms with Crippen molar-refractivity contribution in [2.45, 2.75) is 19.8 Å². The van der Waals surface area contributed by atoms with Crippen molar-refractivity contribution in [3.05, 3.63) is 23.0 Å². The number of nitrogens with zero attached hydrogens (tertiary/aromatic N) is 1. The normalized spacial score (nSPS) is 10.5. The maximum atomic E-state index is 5.70. The van der Waals surface area contributed by atoms with Crippen molar-refractivity contribution in [1.29, 1.82) is 0 Å². The van der Waals surface area contributed by atoms with Gasteiger partial charge in [-0.3, -0.25) is 4.98 Å². The van der Waals surface area contributed by atoms with Crippen molar-refractivity contribution in [1.82, 2.24) is 4.98 Å². The van der Waals surface area contributed by atoms with Gasteiger partial charge in [-0.05, 0) is 12.0 Å². The quantitative estimate of drug-likeness (QED) is 0.703. The molecule has 0 aliphatic heterocycles. The first-order valence-electron chi connectivity index (χ1n) is 3.52. The fraction of sp³-hybridized carbons (Fsp3) is 0.375. The molecule has 0 aliphatic carbocycles. The molecule has 60 valence electrons. The summed E-state index contributed by atoms with van der Waals surface area (Å²) in [5, 5.41) is 0.523. The number of pyridine rings is 1. The molecule has 1 heterocycles. The molecule has 11 heavy (non-hydrogen) atoms. The standard InChI is InChI=1S/C8H11ClN2/c1-5(2)8-3-7(10)6(9)4-11-8/h3-5H,1-2H3,(H2,10,11). The summed E-state index contributed by atoms with van der Waals surface area (Å²) >= 11 is 5.70. The van der Waals surface area contributed by atoms with Crippen LogP contribution in [0.15, 0.2) is 12.3 Å². The molecular formula is C8H11ClN2. The third kappa shape index (κ3) is 1.84. The number of aromatic nitrogens is 1. The number of nitrogen functional groups attached to an aromatic ring is 1. The molecule has 0 aromatic carbocycles. The summed E-state index contributed by atoms with van der Waals surface area (Å²) in [6.45, 7) is 4.13. The lowest BCUT2D eigenvalue weighted by Crippen LogP contribution is -1.95. The second-order valence-corrected chi connectivity index (χ2v) is 3.19. The van der Waals surface area contributed by atoms with E-state index in [0.717, 1.165) is 5.69 Å². The summed E-state index contributed by atoms with van der Waals surface area (Å²) in [5.74, 6) is 0.398. The van der Waals surface area contributed by atoms with Crippen molar-refractivity contribution < 1.29 is 0 Å². The zero-order valence-electron chi connectivity index (χ0n) is 6.63. The van der Waals surface area contributed by atoms with Crippen LogP contribution < -0.4 is 5.73 Å². The molecule has 1 rings (SSSR count). The highest BCUT2D eigenvalue weighted by molar-refractivity contribution is 6.32. The molecule has 0 saturated carbocycles. The fourth-order valence-electron chi connectivity index (χ4n) is 0.787. The largest absolute Gasteiger partial charge is 0.397 e. The van der Waals surface area contributed by atoms with Gasteiger partial charge < -0.3 is 5.73 Å². The molecule has 0 bridgehead atoms. The highest BCUT2D eigenvalue weighted by Crippen LogP contribution is 2.20. The lowest BCUT2D eigenvalue weighted by molar-refractivity contribution is 0.824. The zero-order valence-corrected chi connectivity index (χ0v) is 7.39. The predicted molar refractivity (Wildman–Crippen MR) is 47.7 cm³/mol. The Labute approximate surface area is 71.4 Å². The van der Waals surface area contributed by atoms with Crippen LogP contribution in [0.2, 0.25) is 5.02 Å². The van der Waals surface area contributed by atoms with Gasteiger partial charge in [-0.2, -0.15) is 0 Å². The summed E-state index contributed by atoms with van der Waals surface area (Å²) in [6.07, 6.45) is 1.59. The molecule has 0 fully saturated rings. The Kier molecular flexibility index (Phi) is 2.35. The van der Waals surface area contributed by atoms with Crippen molar-refractivity contribution in [3.8, 4) is 0 Å². The van der Waals surface area contributed by atoms with E-state index in [0.29, 0.717) is 16.6 Å². The highest BCUT2D eigenvalue weighted by Gasteiger charge is 2.02. The van der Waals surface area contributed by atoms with Gasteiger partial charge in [0.15, 0.2) is 0 Å². The predicted octanol–water partition coefficient (Wildman–Crippen LogP) is 2.44. The van der Waals surface area contributed by atoms with E-state index in [2.05, 4.69) is 18.8 Å². The number of rotatable bonds is 1. The van der Waals surface area contributed by atoms with E-state index in [9.17, 15) is 0 Å². The Morgan fingerprint density at radius 2 is 2.18 bits per heavy atom. The van der Waals surface area contributed by atoms with E-state index >= 15 is 0 Å². The Bertz CT molecular complexity index is 258. The minimum absolute atomic E-state index is 0.398. The van der Waals surface area contributed by atoms with Gasteiger partial charge in [-0.25, -0.2) is 0 Å². The van der Waals surface area contributed by atoms with Crippen molar-refractivity contribution in [2.24, 2.45) is 0 Å². The van der Waals surface area contributed by atoms with E-state index in [1.807, 2.05) is 6.07 Å². The van der Waals surface area contributed by atoms with Crippen LogP contribution in [0.3, 0.4) is 0 Å². The molecule has 1 aromatic rings. The van der Waals surface area contributed by atoms with Gasteiger partial charge in [0, 0.05) is 11.9 Å². The van der Waals surface area contributed by atoms with Gasteiger partial charge >= 0.3 is 0 Å². The number of halogens is 1. The lowest BCUT2D eigenvalue weighted by Gasteiger charge is -2.04. The smallest absolute Gasteiger partial charge is 0.0818 e. The number of nitrogens with two attached hydrogens (primary N) is 1. The van der Waals surface area contributed by atoms with Gasteiger partial charge in [-0.1, -0.05) is 25.4 Å². The van der Waals surface area contributed by atoms with Crippen LogP contribution in [0, 0.1) is 0 Å². The van der Waals surface area contributed by atoms with Crippen LogP contribution in [-0.2, 0) is 0 Å². The minimum atomic E-state index is 0.398. The summed E-state index contributed by atoms with van der Waals surface area (Å²) in [5.41, 5.74) is 7.17. The SMILES string of the molecule is CC(C)c1cc(N)c(Cl)cn1. The van der Waals surface area contributed by atoms with E-state index in [-0.39, 0.29) is 0 Å². The molecule has 0 spiro atoms. The van der Waals surface area contributed by atoms with Crippen LogP contribution in [0.25, 0.3) is 0 Å². The topological polar surface area (TPSA) is 38.9 Å². The van der Waals surface area contributed by atoms with Gasteiger partial charge in [-0.15, -0.1) is 0 Å². The monoisotopic (exact) mass is 170 g/mol. The number of anilines is 1. The van der Waals surface area contributed by atoms with Crippen LogP contribution in [0.5, 0.6) is 0 Å². The van der Waals surface area contributed by atoms with Crippen LogP contribution >= 0.6 is 11.6 Å². The third-order valence-electron chi connectivity index (χ3n) is 1.50. The second-order valence-electron chi connectivity index (χ2n) is 2.79. The molecule has 0 saturated heterocycles. The maximum Gasteiger partial charge on any atom is 0.0818 e. The molecule has 2 N–H and O–H groups in total. The van der Waals surface area contributed by atoms with Gasteiger partial charge in [0.05, 0.1) is 10.7 Å². The molecular weight excluding hydrogens is 160 g/mol. The summed E-state index contributed by atoms with van der Waals surface area (Å²) in [6, 6.07) is 1.81. The first-order chi connectivity index (χ1) is 5.11. The summed E-state index contributed by atoms with van der Waals surface area (Å²) < 4.78 is 0. The molecule has 0 unspecified atom stereocenters. The second kappa shape index (κ2) is 3.09. The zero-order chi connectivity index (χ0) is 8.43. The lowest BCUT2D eigenvalue weighted by atomic mass is 10.1. The average Bonchev–Trinajstić information content (AvgIpc) is 1.94. The third-order valence-corrected chi connectivity index (χ3v) is 1.81. The molecule has 2 nitrogen and oxygen atoms in total. The molecule has 1 aromatic heterocycles. The average molecular weight is 171 g/mol. The van der Waals surface area contributed by atoms with Crippen LogP contribution in [0.1, 0.15) is 25.5 Å². The molecule has 3 heteroatoms. The van der Waals surface area contributed by atoms with Gasteiger partial charge in [0.25, 0.3) is 0 Å². The Morgan fingerprint density at radius 3 is 2.64 bits per heavy atom. The highest BCUT2D eigenvalue weighted by atomic mass is 35.5. The molecule has 0 aliphatic rings. The Balaban J connectivity index is 3.05.